The van der Waals surface area contributed by atoms with E-state index in [1.54, 1.807) is 0 Å². The van der Waals surface area contributed by atoms with Crippen molar-refractivity contribution in [2.45, 2.75) is 0 Å². The molecule has 0 aromatic heterocycles. The summed E-state index contributed by atoms with van der Waals surface area (Å²) in [5.74, 6) is -1.23. The summed E-state index contributed by atoms with van der Waals surface area (Å²) in [6.45, 7) is 0. The molecule has 0 bridgehead atoms. The van der Waals surface area contributed by atoms with Crippen LogP contribution in [0.15, 0.2) is 16.6 Å². The van der Waals surface area contributed by atoms with Crippen LogP contribution in [0.3, 0.4) is 0 Å². The van der Waals surface area contributed by atoms with E-state index >= 15 is 0 Å². The minimum atomic E-state index is -0.640. The van der Waals surface area contributed by atoms with Gasteiger partial charge in [-0.2, -0.15) is 5.26 Å². The largest absolute Gasteiger partial charge is 0.465 e. The number of rotatable bonds is 2. The number of methoxy groups -OCH3 is 2. The first-order valence-electron chi connectivity index (χ1n) is 4.45. The van der Waals surface area contributed by atoms with Gasteiger partial charge in [0.05, 0.1) is 30.9 Å². The lowest BCUT2D eigenvalue weighted by atomic mass is 10.0. The van der Waals surface area contributed by atoms with Crippen molar-refractivity contribution >= 4 is 27.9 Å². The van der Waals surface area contributed by atoms with E-state index in [2.05, 4.69) is 25.4 Å². The summed E-state index contributed by atoms with van der Waals surface area (Å²) in [6, 6.07) is 4.47. The zero-order valence-electron chi connectivity index (χ0n) is 9.11. The molecule has 0 spiro atoms. The topological polar surface area (TPSA) is 76.4 Å². The zero-order chi connectivity index (χ0) is 13.0. The fraction of sp³-hybridized carbons (Fsp3) is 0.182. The molecular formula is C11H8BrNO4. The van der Waals surface area contributed by atoms with Gasteiger partial charge in [0.2, 0.25) is 0 Å². The lowest BCUT2D eigenvalue weighted by Gasteiger charge is -2.06. The van der Waals surface area contributed by atoms with Gasteiger partial charge >= 0.3 is 11.9 Å². The Morgan fingerprint density at radius 2 is 1.71 bits per heavy atom. The molecule has 1 rings (SSSR count). The van der Waals surface area contributed by atoms with Crippen molar-refractivity contribution < 1.29 is 19.1 Å². The quantitative estimate of drug-likeness (QED) is 0.779. The Hall–Kier alpha value is -1.87. The zero-order valence-corrected chi connectivity index (χ0v) is 10.7. The first-order chi connectivity index (χ1) is 8.04. The average molecular weight is 298 g/mol. The fourth-order valence-electron chi connectivity index (χ4n) is 1.21. The van der Waals surface area contributed by atoms with Crippen LogP contribution in [0.25, 0.3) is 0 Å². The maximum atomic E-state index is 11.4. The Kier molecular flexibility index (Phi) is 4.24. The third-order valence-electron chi connectivity index (χ3n) is 2.04. The molecule has 0 saturated carbocycles. The van der Waals surface area contributed by atoms with Gasteiger partial charge in [-0.05, 0) is 28.1 Å². The van der Waals surface area contributed by atoms with Gasteiger partial charge in [0.25, 0.3) is 0 Å². The summed E-state index contributed by atoms with van der Waals surface area (Å²) in [4.78, 5) is 22.8. The number of ether oxygens (including phenoxy) is 2. The number of halogens is 1. The Morgan fingerprint density at radius 1 is 1.18 bits per heavy atom. The van der Waals surface area contributed by atoms with Gasteiger partial charge in [0.1, 0.15) is 6.07 Å². The minimum Gasteiger partial charge on any atom is -0.465 e. The SMILES string of the molecule is COC(=O)c1cc(C#N)c(C(=O)OC)cc1Br. The minimum absolute atomic E-state index is 0.0560. The van der Waals surface area contributed by atoms with Gasteiger partial charge in [-0.1, -0.05) is 0 Å². The molecule has 0 aliphatic heterocycles. The van der Waals surface area contributed by atoms with Crippen LogP contribution in [-0.2, 0) is 9.47 Å². The van der Waals surface area contributed by atoms with Gasteiger partial charge in [0, 0.05) is 4.47 Å². The standard InChI is InChI=1S/C11H8BrNO4/c1-16-10(14)7-4-9(12)8(11(15)17-2)3-6(7)5-13/h3-4H,1-2H3. The van der Waals surface area contributed by atoms with Gasteiger partial charge in [0.15, 0.2) is 0 Å². The molecule has 0 fully saturated rings. The molecule has 0 atom stereocenters. The number of carbonyl (C=O) groups excluding carboxylic acids is 2. The van der Waals surface area contributed by atoms with E-state index in [1.807, 2.05) is 6.07 Å². The molecule has 88 valence electrons. The van der Waals surface area contributed by atoms with Crippen molar-refractivity contribution in [1.82, 2.24) is 0 Å². The van der Waals surface area contributed by atoms with Crippen LogP contribution < -0.4 is 0 Å². The predicted molar refractivity (Wildman–Crippen MR) is 61.5 cm³/mol. The van der Waals surface area contributed by atoms with Crippen LogP contribution in [-0.4, -0.2) is 26.2 Å². The Bertz CT molecular complexity index is 519. The van der Waals surface area contributed by atoms with Crippen molar-refractivity contribution in [1.29, 1.82) is 5.26 Å². The van der Waals surface area contributed by atoms with Crippen molar-refractivity contribution in [2.24, 2.45) is 0 Å². The maximum absolute atomic E-state index is 11.4. The summed E-state index contributed by atoms with van der Waals surface area (Å²) < 4.78 is 9.45. The van der Waals surface area contributed by atoms with Crippen molar-refractivity contribution in [3.8, 4) is 6.07 Å². The number of nitrogens with zero attached hydrogens (tertiary/aromatic N) is 1. The highest BCUT2D eigenvalue weighted by molar-refractivity contribution is 9.10. The summed E-state index contributed by atoms with van der Waals surface area (Å²) in [5, 5.41) is 8.91. The Balaban J connectivity index is 3.41. The first kappa shape index (κ1) is 13.2. The predicted octanol–water partition coefficient (Wildman–Crippen LogP) is 1.89. The number of nitriles is 1. The van der Waals surface area contributed by atoms with E-state index in [0.29, 0.717) is 4.47 Å². The van der Waals surface area contributed by atoms with Gasteiger partial charge in [-0.15, -0.1) is 0 Å². The molecule has 0 amide bonds. The molecule has 0 aliphatic carbocycles. The second-order valence-electron chi connectivity index (χ2n) is 2.97. The van der Waals surface area contributed by atoms with Gasteiger partial charge in [-0.3, -0.25) is 0 Å². The van der Waals surface area contributed by atoms with E-state index in [1.165, 1.54) is 26.4 Å². The normalized spacial score (nSPS) is 9.29. The third-order valence-corrected chi connectivity index (χ3v) is 2.69. The highest BCUT2D eigenvalue weighted by atomic mass is 79.9. The summed E-state index contributed by atoms with van der Waals surface area (Å²) >= 11 is 3.13. The smallest absolute Gasteiger partial charge is 0.339 e. The van der Waals surface area contributed by atoms with Crippen LogP contribution in [0, 0.1) is 11.3 Å². The molecule has 0 N–H and O–H groups in total. The third kappa shape index (κ3) is 2.63. The van der Waals surface area contributed by atoms with Gasteiger partial charge in [-0.25, -0.2) is 9.59 Å². The highest BCUT2D eigenvalue weighted by Gasteiger charge is 2.18. The highest BCUT2D eigenvalue weighted by Crippen LogP contribution is 2.23. The van der Waals surface area contributed by atoms with E-state index in [9.17, 15) is 9.59 Å². The van der Waals surface area contributed by atoms with E-state index in [4.69, 9.17) is 5.26 Å². The second-order valence-corrected chi connectivity index (χ2v) is 3.83. The van der Waals surface area contributed by atoms with Crippen molar-refractivity contribution in [2.75, 3.05) is 14.2 Å². The number of hydrogen-bond donors (Lipinski definition) is 0. The van der Waals surface area contributed by atoms with Crippen LogP contribution in [0.1, 0.15) is 26.3 Å². The first-order valence-corrected chi connectivity index (χ1v) is 5.24. The molecule has 0 aliphatic rings. The fourth-order valence-corrected chi connectivity index (χ4v) is 1.72. The Labute approximate surface area is 106 Å². The van der Waals surface area contributed by atoms with Crippen LogP contribution in [0.4, 0.5) is 0 Å². The molecule has 0 unspecified atom stereocenters. The number of esters is 2. The number of hydrogen-bond acceptors (Lipinski definition) is 5. The molecule has 6 heteroatoms. The summed E-state index contributed by atoms with van der Waals surface area (Å²) in [6.07, 6.45) is 0. The lowest BCUT2D eigenvalue weighted by Crippen LogP contribution is -2.08. The van der Waals surface area contributed by atoms with Gasteiger partial charge < -0.3 is 9.47 Å². The Morgan fingerprint density at radius 3 is 2.18 bits per heavy atom. The van der Waals surface area contributed by atoms with E-state index < -0.39 is 11.9 Å². The van der Waals surface area contributed by atoms with E-state index in [0.717, 1.165) is 0 Å². The molecule has 0 heterocycles. The summed E-state index contributed by atoms with van der Waals surface area (Å²) in [7, 11) is 2.45. The number of carbonyl (C=O) groups is 2. The average Bonchev–Trinajstić information content (AvgIpc) is 2.36. The van der Waals surface area contributed by atoms with Crippen LogP contribution in [0.5, 0.6) is 0 Å². The maximum Gasteiger partial charge on any atom is 0.339 e. The van der Waals surface area contributed by atoms with Crippen LogP contribution in [0.2, 0.25) is 0 Å². The second kappa shape index (κ2) is 5.46. The van der Waals surface area contributed by atoms with Crippen molar-refractivity contribution in [3.05, 3.63) is 33.3 Å². The lowest BCUT2D eigenvalue weighted by molar-refractivity contribution is 0.0585. The molecular weight excluding hydrogens is 290 g/mol. The molecule has 5 nitrogen and oxygen atoms in total. The summed E-state index contributed by atoms with van der Waals surface area (Å²) in [5.41, 5.74) is 0.326. The molecule has 0 saturated heterocycles. The number of benzene rings is 1. The van der Waals surface area contributed by atoms with Crippen LogP contribution >= 0.6 is 15.9 Å². The van der Waals surface area contributed by atoms with E-state index in [-0.39, 0.29) is 16.7 Å². The molecule has 0 radical (unpaired) electrons. The monoisotopic (exact) mass is 297 g/mol. The molecule has 1 aromatic rings. The molecule has 17 heavy (non-hydrogen) atoms. The van der Waals surface area contributed by atoms with Crippen molar-refractivity contribution in [3.63, 3.8) is 0 Å². The molecule has 1 aromatic carbocycles.